The van der Waals surface area contributed by atoms with E-state index in [1.165, 1.54) is 0 Å². The fourth-order valence-electron chi connectivity index (χ4n) is 2.63. The Balaban J connectivity index is 2.48. The molecule has 0 spiro atoms. The summed E-state index contributed by atoms with van der Waals surface area (Å²) in [4.78, 5) is 26.8. The zero-order chi connectivity index (χ0) is 17.0. The van der Waals surface area contributed by atoms with E-state index in [2.05, 4.69) is 0 Å². The van der Waals surface area contributed by atoms with Crippen molar-refractivity contribution in [2.24, 2.45) is 5.92 Å². The molecule has 0 aliphatic carbocycles. The van der Waals surface area contributed by atoms with Crippen LogP contribution >= 0.6 is 0 Å². The van der Waals surface area contributed by atoms with Crippen molar-refractivity contribution in [2.75, 3.05) is 13.2 Å². The van der Waals surface area contributed by atoms with Crippen molar-refractivity contribution < 1.29 is 14.3 Å². The SMILES string of the molecule is CCOC(=O)C1=C(C)N(CC(C)C)C(=O)/C1=C\c1ccccc1. The van der Waals surface area contributed by atoms with Gasteiger partial charge in [0.25, 0.3) is 5.91 Å². The van der Waals surface area contributed by atoms with Crippen molar-refractivity contribution in [2.45, 2.75) is 27.7 Å². The Labute approximate surface area is 137 Å². The number of amides is 1. The highest BCUT2D eigenvalue weighted by Gasteiger charge is 2.37. The van der Waals surface area contributed by atoms with Gasteiger partial charge in [-0.3, -0.25) is 4.79 Å². The molecule has 1 aromatic carbocycles. The van der Waals surface area contributed by atoms with E-state index in [1.54, 1.807) is 24.8 Å². The molecule has 0 atom stereocenters. The predicted octanol–water partition coefficient (Wildman–Crippen LogP) is 3.41. The Bertz CT molecular complexity index is 656. The van der Waals surface area contributed by atoms with E-state index in [4.69, 9.17) is 4.74 Å². The standard InChI is InChI=1S/C19H23NO3/c1-5-23-19(22)17-14(4)20(12-13(2)3)18(21)16(17)11-15-9-7-6-8-10-15/h6-11,13H,5,12H2,1-4H3/b16-11-. The minimum absolute atomic E-state index is 0.136. The lowest BCUT2D eigenvalue weighted by Gasteiger charge is -2.19. The molecule has 4 nitrogen and oxygen atoms in total. The molecule has 0 N–H and O–H groups in total. The summed E-state index contributed by atoms with van der Waals surface area (Å²) in [5, 5.41) is 0. The van der Waals surface area contributed by atoms with Crippen molar-refractivity contribution in [1.82, 2.24) is 4.90 Å². The summed E-state index contributed by atoms with van der Waals surface area (Å²) in [6.07, 6.45) is 1.76. The van der Waals surface area contributed by atoms with Crippen LogP contribution in [0.1, 0.15) is 33.3 Å². The Morgan fingerprint density at radius 3 is 2.48 bits per heavy atom. The van der Waals surface area contributed by atoms with Crippen molar-refractivity contribution >= 4 is 18.0 Å². The summed E-state index contributed by atoms with van der Waals surface area (Å²) in [5.41, 5.74) is 2.34. The third-order valence-electron chi connectivity index (χ3n) is 3.65. The molecule has 1 aliphatic heterocycles. The topological polar surface area (TPSA) is 46.6 Å². The highest BCUT2D eigenvalue weighted by atomic mass is 16.5. The van der Waals surface area contributed by atoms with Crippen LogP contribution in [0.5, 0.6) is 0 Å². The molecule has 1 heterocycles. The first-order valence-electron chi connectivity index (χ1n) is 7.92. The maximum Gasteiger partial charge on any atom is 0.340 e. The molecule has 122 valence electrons. The number of nitrogens with zero attached hydrogens (tertiary/aromatic N) is 1. The maximum atomic E-state index is 12.8. The fraction of sp³-hybridized carbons (Fsp3) is 0.368. The molecule has 0 saturated heterocycles. The molecule has 0 bridgehead atoms. The second kappa shape index (κ2) is 7.27. The summed E-state index contributed by atoms with van der Waals surface area (Å²) in [7, 11) is 0. The minimum Gasteiger partial charge on any atom is -0.462 e. The molecule has 1 aliphatic rings. The van der Waals surface area contributed by atoms with Crippen molar-refractivity contribution in [3.05, 3.63) is 52.7 Å². The van der Waals surface area contributed by atoms with E-state index >= 15 is 0 Å². The molecule has 2 rings (SSSR count). The lowest BCUT2D eigenvalue weighted by atomic mass is 10.0. The van der Waals surface area contributed by atoms with Gasteiger partial charge < -0.3 is 9.64 Å². The zero-order valence-corrected chi connectivity index (χ0v) is 14.1. The number of allylic oxidation sites excluding steroid dienone is 1. The highest BCUT2D eigenvalue weighted by molar-refractivity contribution is 6.16. The Morgan fingerprint density at radius 2 is 1.91 bits per heavy atom. The Morgan fingerprint density at radius 1 is 1.26 bits per heavy atom. The molecule has 0 fully saturated rings. The molecule has 0 unspecified atom stereocenters. The lowest BCUT2D eigenvalue weighted by molar-refractivity contribution is -0.138. The van der Waals surface area contributed by atoms with Gasteiger partial charge in [0.2, 0.25) is 0 Å². The average Bonchev–Trinajstić information content (AvgIpc) is 2.73. The summed E-state index contributed by atoms with van der Waals surface area (Å²) < 4.78 is 5.15. The van der Waals surface area contributed by atoms with Crippen LogP contribution in [0.4, 0.5) is 0 Å². The third kappa shape index (κ3) is 3.70. The number of hydrogen-bond donors (Lipinski definition) is 0. The second-order valence-corrected chi connectivity index (χ2v) is 5.96. The molecule has 23 heavy (non-hydrogen) atoms. The molecular formula is C19H23NO3. The van der Waals surface area contributed by atoms with Crippen molar-refractivity contribution in [1.29, 1.82) is 0 Å². The van der Waals surface area contributed by atoms with Gasteiger partial charge in [-0.1, -0.05) is 44.2 Å². The predicted molar refractivity (Wildman–Crippen MR) is 90.3 cm³/mol. The fourth-order valence-corrected chi connectivity index (χ4v) is 2.63. The van der Waals surface area contributed by atoms with Crippen LogP contribution in [0, 0.1) is 5.92 Å². The van der Waals surface area contributed by atoms with Crippen molar-refractivity contribution in [3.8, 4) is 0 Å². The van der Waals surface area contributed by atoms with Crippen molar-refractivity contribution in [3.63, 3.8) is 0 Å². The third-order valence-corrected chi connectivity index (χ3v) is 3.65. The quantitative estimate of drug-likeness (QED) is 0.618. The van der Waals surface area contributed by atoms with E-state index in [-0.39, 0.29) is 12.5 Å². The maximum absolute atomic E-state index is 12.8. The van der Waals surface area contributed by atoms with E-state index in [9.17, 15) is 9.59 Å². The van der Waals surface area contributed by atoms with Crippen LogP contribution in [-0.4, -0.2) is 29.9 Å². The first-order chi connectivity index (χ1) is 11.0. The smallest absolute Gasteiger partial charge is 0.340 e. The molecule has 0 saturated carbocycles. The summed E-state index contributed by atoms with van der Waals surface area (Å²) in [6.45, 7) is 8.52. The van der Waals surface area contributed by atoms with Gasteiger partial charge in [0.15, 0.2) is 0 Å². The summed E-state index contributed by atoms with van der Waals surface area (Å²) in [6, 6.07) is 9.53. The van der Waals surface area contributed by atoms with Crippen LogP contribution in [-0.2, 0) is 14.3 Å². The van der Waals surface area contributed by atoms with Gasteiger partial charge >= 0.3 is 5.97 Å². The number of carbonyl (C=O) groups is 2. The van der Waals surface area contributed by atoms with Crippen LogP contribution < -0.4 is 0 Å². The molecule has 1 amide bonds. The van der Waals surface area contributed by atoms with E-state index < -0.39 is 5.97 Å². The summed E-state index contributed by atoms with van der Waals surface area (Å²) in [5.74, 6) is -0.261. The van der Waals surface area contributed by atoms with Gasteiger partial charge in [-0.15, -0.1) is 0 Å². The first-order valence-corrected chi connectivity index (χ1v) is 7.92. The lowest BCUT2D eigenvalue weighted by Crippen LogP contribution is -2.28. The highest BCUT2D eigenvalue weighted by Crippen LogP contribution is 2.32. The normalized spacial score (nSPS) is 16.7. The Kier molecular flexibility index (Phi) is 5.37. The zero-order valence-electron chi connectivity index (χ0n) is 14.1. The molecule has 4 heteroatoms. The molecule has 0 radical (unpaired) electrons. The van der Waals surface area contributed by atoms with Gasteiger partial charge in [-0.2, -0.15) is 0 Å². The Hall–Kier alpha value is -2.36. The number of esters is 1. The molecular weight excluding hydrogens is 290 g/mol. The number of carbonyl (C=O) groups excluding carboxylic acids is 2. The van der Waals surface area contributed by atoms with E-state index in [0.717, 1.165) is 5.56 Å². The van der Waals surface area contributed by atoms with Gasteiger partial charge in [0.05, 0.1) is 17.8 Å². The molecule has 0 aromatic heterocycles. The number of ether oxygens (including phenoxy) is 1. The van der Waals surface area contributed by atoms with Crippen LogP contribution in [0.3, 0.4) is 0 Å². The van der Waals surface area contributed by atoms with Gasteiger partial charge in [-0.05, 0) is 31.4 Å². The van der Waals surface area contributed by atoms with Gasteiger partial charge in [0, 0.05) is 12.2 Å². The van der Waals surface area contributed by atoms with Crippen LogP contribution in [0.25, 0.3) is 6.08 Å². The van der Waals surface area contributed by atoms with Gasteiger partial charge in [0.1, 0.15) is 0 Å². The van der Waals surface area contributed by atoms with Crippen LogP contribution in [0.2, 0.25) is 0 Å². The monoisotopic (exact) mass is 313 g/mol. The summed E-state index contributed by atoms with van der Waals surface area (Å²) >= 11 is 0. The number of hydrogen-bond acceptors (Lipinski definition) is 3. The van der Waals surface area contributed by atoms with Crippen LogP contribution in [0.15, 0.2) is 47.2 Å². The average molecular weight is 313 g/mol. The van der Waals surface area contributed by atoms with E-state index in [0.29, 0.717) is 29.3 Å². The number of rotatable bonds is 5. The second-order valence-electron chi connectivity index (χ2n) is 5.96. The minimum atomic E-state index is -0.438. The first kappa shape index (κ1) is 17.0. The van der Waals surface area contributed by atoms with Gasteiger partial charge in [-0.25, -0.2) is 4.79 Å². The number of benzene rings is 1. The van der Waals surface area contributed by atoms with E-state index in [1.807, 2.05) is 44.2 Å². The largest absolute Gasteiger partial charge is 0.462 e. The molecule has 1 aromatic rings.